The first-order valence-corrected chi connectivity index (χ1v) is 12.9. The van der Waals surface area contributed by atoms with E-state index in [4.69, 9.17) is 0 Å². The number of rotatable bonds is 2. The van der Waals surface area contributed by atoms with E-state index in [1.807, 2.05) is 41.7 Å². The molecule has 5 aromatic rings. The largest absolute Gasteiger partial charge is 0.356 e. The highest BCUT2D eigenvalue weighted by molar-refractivity contribution is 7.17. The normalized spacial score (nSPS) is 11.0. The summed E-state index contributed by atoms with van der Waals surface area (Å²) in [6, 6.07) is 35.6. The van der Waals surface area contributed by atoms with Crippen molar-refractivity contribution in [3.8, 4) is 0 Å². The summed E-state index contributed by atoms with van der Waals surface area (Å²) in [7, 11) is 0. The molecule has 0 amide bonds. The molecule has 1 heterocycles. The van der Waals surface area contributed by atoms with Crippen molar-refractivity contribution in [2.24, 2.45) is 0 Å². The fraction of sp³-hybridized carbons (Fsp3) is 0.0882. The predicted octanol–water partition coefficient (Wildman–Crippen LogP) is 8.23. The molecule has 1 nitrogen and oxygen atoms in total. The van der Waals surface area contributed by atoms with Crippen molar-refractivity contribution < 1.29 is 0 Å². The SMILES string of the molecule is C1=CC=c2sc3ccccc3c2=CC=1.Cc1ccc(Nc2ccc(C)cc2)cc1.Cc1ccccc1. The van der Waals surface area contributed by atoms with E-state index in [9.17, 15) is 0 Å². The van der Waals surface area contributed by atoms with Gasteiger partial charge in [0.25, 0.3) is 0 Å². The Hall–Kier alpha value is -4.10. The van der Waals surface area contributed by atoms with Gasteiger partial charge in [-0.1, -0.05) is 89.5 Å². The molecule has 0 spiro atoms. The van der Waals surface area contributed by atoms with E-state index < -0.39 is 0 Å². The van der Waals surface area contributed by atoms with Gasteiger partial charge in [-0.05, 0) is 75.4 Å². The number of anilines is 2. The van der Waals surface area contributed by atoms with Gasteiger partial charge in [-0.2, -0.15) is 0 Å². The first kappa shape index (κ1) is 25.0. The molecule has 178 valence electrons. The van der Waals surface area contributed by atoms with Crippen LogP contribution in [0, 0.1) is 20.8 Å². The Bertz CT molecular complexity index is 1540. The van der Waals surface area contributed by atoms with Crippen molar-refractivity contribution in [2.75, 3.05) is 5.32 Å². The van der Waals surface area contributed by atoms with Crippen LogP contribution < -0.4 is 15.1 Å². The molecule has 0 atom stereocenters. The number of aryl methyl sites for hydroxylation is 3. The van der Waals surface area contributed by atoms with Gasteiger partial charge >= 0.3 is 0 Å². The summed E-state index contributed by atoms with van der Waals surface area (Å²) in [5, 5.41) is 6.03. The molecule has 1 aromatic heterocycles. The van der Waals surface area contributed by atoms with E-state index in [2.05, 4.69) is 129 Å². The summed E-state index contributed by atoms with van der Waals surface area (Å²) in [5.74, 6) is 0. The molecule has 1 N–H and O–H groups in total. The van der Waals surface area contributed by atoms with Crippen molar-refractivity contribution in [1.82, 2.24) is 0 Å². The molecule has 0 fully saturated rings. The molecule has 4 aromatic carbocycles. The van der Waals surface area contributed by atoms with Gasteiger partial charge in [-0.15, -0.1) is 17.1 Å². The van der Waals surface area contributed by atoms with Crippen molar-refractivity contribution in [1.29, 1.82) is 0 Å². The molecule has 0 radical (unpaired) electrons. The smallest absolute Gasteiger partial charge is 0.0384 e. The highest BCUT2D eigenvalue weighted by Crippen LogP contribution is 2.17. The maximum atomic E-state index is 3.36. The third kappa shape index (κ3) is 7.20. The second kappa shape index (κ2) is 12.6. The number of nitrogens with one attached hydrogen (secondary N) is 1. The summed E-state index contributed by atoms with van der Waals surface area (Å²) in [6.45, 7) is 6.27. The van der Waals surface area contributed by atoms with Crippen LogP contribution in [0.1, 0.15) is 16.7 Å². The van der Waals surface area contributed by atoms with Crippen molar-refractivity contribution in [3.63, 3.8) is 0 Å². The number of hydrogen-bond acceptors (Lipinski definition) is 2. The highest BCUT2D eigenvalue weighted by atomic mass is 32.1. The summed E-state index contributed by atoms with van der Waals surface area (Å²) >= 11 is 1.83. The van der Waals surface area contributed by atoms with Crippen LogP contribution in [0.25, 0.3) is 22.2 Å². The lowest BCUT2D eigenvalue weighted by Crippen LogP contribution is -2.16. The van der Waals surface area contributed by atoms with Gasteiger partial charge in [-0.3, -0.25) is 0 Å². The fourth-order valence-electron chi connectivity index (χ4n) is 3.67. The Labute approximate surface area is 218 Å². The van der Waals surface area contributed by atoms with Crippen LogP contribution >= 0.6 is 11.3 Å². The van der Waals surface area contributed by atoms with Crippen molar-refractivity contribution in [2.45, 2.75) is 20.8 Å². The summed E-state index contributed by atoms with van der Waals surface area (Å²) in [4.78, 5) is 0. The third-order valence-corrected chi connectivity index (χ3v) is 6.82. The van der Waals surface area contributed by atoms with Gasteiger partial charge in [0.05, 0.1) is 0 Å². The van der Waals surface area contributed by atoms with Gasteiger partial charge in [0, 0.05) is 31.2 Å². The topological polar surface area (TPSA) is 12.0 Å². The van der Waals surface area contributed by atoms with Crippen LogP contribution in [-0.2, 0) is 0 Å². The standard InChI is InChI=1S/C14H15N.C13H8S.C7H8/c1-11-3-7-13(8-4-11)15-14-9-5-12(2)6-10-14;1-2-6-10-11-7-4-5-9-13(11)14-12(10)8-3-1;1-7-5-3-2-4-6-7/h3-10,15H,1-2H3;2-9H;2-6H,1H3. The third-order valence-electron chi connectivity index (χ3n) is 5.67. The van der Waals surface area contributed by atoms with E-state index in [1.54, 1.807) is 0 Å². The second-order valence-corrected chi connectivity index (χ2v) is 9.81. The average Bonchev–Trinajstić information content (AvgIpc) is 3.08. The number of allylic oxidation sites excluding steroid dienone is 1. The molecule has 6 rings (SSSR count). The zero-order valence-electron chi connectivity index (χ0n) is 21.0. The molecule has 0 saturated carbocycles. The second-order valence-electron chi connectivity index (χ2n) is 8.72. The van der Waals surface area contributed by atoms with E-state index in [0.717, 1.165) is 11.4 Å². The molecule has 0 bridgehead atoms. The molecular weight excluding hydrogens is 454 g/mol. The maximum Gasteiger partial charge on any atom is 0.0384 e. The molecule has 0 unspecified atom stereocenters. The monoisotopic (exact) mass is 485 g/mol. The lowest BCUT2D eigenvalue weighted by molar-refractivity contribution is 1.43. The Morgan fingerprint density at radius 2 is 1.08 bits per heavy atom. The minimum absolute atomic E-state index is 1.13. The quantitative estimate of drug-likeness (QED) is 0.248. The Balaban J connectivity index is 0.000000135. The molecule has 36 heavy (non-hydrogen) atoms. The first-order chi connectivity index (χ1) is 17.6. The molecule has 1 aliphatic carbocycles. The van der Waals surface area contributed by atoms with Crippen LogP contribution in [0.3, 0.4) is 0 Å². The minimum atomic E-state index is 1.13. The molecule has 0 saturated heterocycles. The Morgan fingerprint density at radius 1 is 0.556 bits per heavy atom. The van der Waals surface area contributed by atoms with E-state index in [-0.39, 0.29) is 0 Å². The van der Waals surface area contributed by atoms with Crippen LogP contribution in [-0.4, -0.2) is 0 Å². The number of thiophene rings is 1. The number of fused-ring (bicyclic) bond motifs is 3. The first-order valence-electron chi connectivity index (χ1n) is 12.1. The van der Waals surface area contributed by atoms with E-state index in [1.165, 1.54) is 36.5 Å². The van der Waals surface area contributed by atoms with Crippen LogP contribution in [0.15, 0.2) is 121 Å². The van der Waals surface area contributed by atoms with E-state index >= 15 is 0 Å². The van der Waals surface area contributed by atoms with Crippen LogP contribution in [0.4, 0.5) is 11.4 Å². The van der Waals surface area contributed by atoms with Gasteiger partial charge < -0.3 is 5.32 Å². The average molecular weight is 486 g/mol. The summed E-state index contributed by atoms with van der Waals surface area (Å²) < 4.78 is 2.68. The minimum Gasteiger partial charge on any atom is -0.356 e. The lowest BCUT2D eigenvalue weighted by atomic mass is 10.2. The summed E-state index contributed by atoms with van der Waals surface area (Å²) in [5.41, 5.74) is 9.23. The van der Waals surface area contributed by atoms with Gasteiger partial charge in [-0.25, -0.2) is 0 Å². The fourth-order valence-corrected chi connectivity index (χ4v) is 4.76. The van der Waals surface area contributed by atoms with E-state index in [0.29, 0.717) is 0 Å². The number of hydrogen-bond donors (Lipinski definition) is 1. The van der Waals surface area contributed by atoms with Crippen LogP contribution in [0.5, 0.6) is 0 Å². The van der Waals surface area contributed by atoms with Crippen molar-refractivity contribution in [3.05, 3.63) is 147 Å². The summed E-state index contributed by atoms with van der Waals surface area (Å²) in [6.07, 6.45) is 8.20. The molecule has 1 aliphatic rings. The maximum absolute atomic E-state index is 3.36. The molecular formula is C34H31NS. The lowest BCUT2D eigenvalue weighted by Gasteiger charge is -2.06. The zero-order chi connectivity index (χ0) is 25.2. The molecule has 0 aliphatic heterocycles. The van der Waals surface area contributed by atoms with Gasteiger partial charge in [0.1, 0.15) is 0 Å². The van der Waals surface area contributed by atoms with Gasteiger partial charge in [0.2, 0.25) is 0 Å². The Kier molecular flexibility index (Phi) is 8.72. The zero-order valence-corrected chi connectivity index (χ0v) is 21.8. The molecule has 2 heteroatoms. The Morgan fingerprint density at radius 3 is 1.67 bits per heavy atom. The highest BCUT2D eigenvalue weighted by Gasteiger charge is 1.99. The van der Waals surface area contributed by atoms with Crippen molar-refractivity contribution >= 4 is 44.9 Å². The predicted molar refractivity (Wildman–Crippen MR) is 159 cm³/mol. The van der Waals surface area contributed by atoms with Gasteiger partial charge in [0.15, 0.2) is 0 Å². The number of benzene rings is 4. The van der Waals surface area contributed by atoms with Crippen LogP contribution in [0.2, 0.25) is 0 Å².